The van der Waals surface area contributed by atoms with Crippen LogP contribution in [-0.4, -0.2) is 27.5 Å². The van der Waals surface area contributed by atoms with Crippen molar-refractivity contribution in [3.8, 4) is 0 Å². The lowest BCUT2D eigenvalue weighted by Crippen LogP contribution is -2.44. The minimum Gasteiger partial charge on any atom is -0.469 e. The van der Waals surface area contributed by atoms with Crippen LogP contribution in [0.3, 0.4) is 0 Å². The van der Waals surface area contributed by atoms with Gasteiger partial charge in [0.2, 0.25) is 0 Å². The number of hydrogen-bond acceptors (Lipinski definition) is 3. The highest BCUT2D eigenvalue weighted by atomic mass is 28.4. The zero-order valence-corrected chi connectivity index (χ0v) is 20.5. The van der Waals surface area contributed by atoms with E-state index in [1.807, 2.05) is 0 Å². The summed E-state index contributed by atoms with van der Waals surface area (Å²) in [5.41, 5.74) is 0. The van der Waals surface area contributed by atoms with Crippen molar-refractivity contribution in [2.45, 2.75) is 135 Å². The molecule has 0 aliphatic carbocycles. The quantitative estimate of drug-likeness (QED) is 0.152. The molecular weight excluding hydrogens is 352 g/mol. The molecule has 0 aliphatic heterocycles. The van der Waals surface area contributed by atoms with E-state index in [9.17, 15) is 4.79 Å². The van der Waals surface area contributed by atoms with Crippen molar-refractivity contribution in [2.24, 2.45) is 0 Å². The Morgan fingerprint density at radius 3 is 1.81 bits per heavy atom. The highest BCUT2D eigenvalue weighted by Crippen LogP contribution is 2.38. The third-order valence-electron chi connectivity index (χ3n) is 6.03. The van der Waals surface area contributed by atoms with Gasteiger partial charge in [0.05, 0.1) is 7.11 Å². The highest BCUT2D eigenvalue weighted by molar-refractivity contribution is 6.74. The second kappa shape index (κ2) is 14.6. The van der Waals surface area contributed by atoms with E-state index in [2.05, 4.69) is 45.5 Å². The predicted octanol–water partition coefficient (Wildman–Crippen LogP) is 7.64. The second-order valence-electron chi connectivity index (χ2n) is 9.59. The Bertz CT molecular complexity index is 374. The molecule has 0 aromatic rings. The number of hydrogen-bond donors (Lipinski definition) is 0. The van der Waals surface area contributed by atoms with Crippen molar-refractivity contribution >= 4 is 14.3 Å². The van der Waals surface area contributed by atoms with Crippen molar-refractivity contribution in [3.05, 3.63) is 0 Å². The van der Waals surface area contributed by atoms with E-state index in [4.69, 9.17) is 4.43 Å². The number of rotatable bonds is 16. The van der Waals surface area contributed by atoms with Crippen LogP contribution in [0, 0.1) is 0 Å². The van der Waals surface area contributed by atoms with E-state index in [1.54, 1.807) is 0 Å². The van der Waals surface area contributed by atoms with Gasteiger partial charge in [-0.2, -0.15) is 0 Å². The molecule has 1 atom stereocenters. The molecule has 3 nitrogen and oxygen atoms in total. The summed E-state index contributed by atoms with van der Waals surface area (Å²) in [4.78, 5) is 11.1. The molecule has 0 aromatic carbocycles. The summed E-state index contributed by atoms with van der Waals surface area (Å²) in [7, 11) is -0.204. The van der Waals surface area contributed by atoms with Crippen molar-refractivity contribution in [3.63, 3.8) is 0 Å². The lowest BCUT2D eigenvalue weighted by molar-refractivity contribution is -0.140. The molecule has 27 heavy (non-hydrogen) atoms. The largest absolute Gasteiger partial charge is 0.469 e. The molecule has 1 unspecified atom stereocenters. The van der Waals surface area contributed by atoms with Crippen LogP contribution in [0.25, 0.3) is 0 Å². The number of carbonyl (C=O) groups excluding carboxylic acids is 1. The maximum Gasteiger partial charge on any atom is 0.305 e. The van der Waals surface area contributed by atoms with Crippen LogP contribution in [0.2, 0.25) is 18.1 Å². The maximum atomic E-state index is 11.1. The maximum absolute atomic E-state index is 11.1. The van der Waals surface area contributed by atoms with Gasteiger partial charge in [-0.05, 0) is 37.4 Å². The van der Waals surface area contributed by atoms with Gasteiger partial charge in [-0.15, -0.1) is 0 Å². The normalized spacial score (nSPS) is 13.6. The number of unbranched alkanes of at least 4 members (excludes halogenated alkanes) is 8. The van der Waals surface area contributed by atoms with Crippen LogP contribution in [0.15, 0.2) is 0 Å². The zero-order chi connectivity index (χ0) is 20.8. The molecule has 0 fully saturated rings. The monoisotopic (exact) mass is 400 g/mol. The Morgan fingerprint density at radius 2 is 1.33 bits per heavy atom. The summed E-state index contributed by atoms with van der Waals surface area (Å²) >= 11 is 0. The van der Waals surface area contributed by atoms with E-state index in [0.29, 0.717) is 17.6 Å². The fourth-order valence-electron chi connectivity index (χ4n) is 3.10. The third kappa shape index (κ3) is 13.5. The molecule has 0 radical (unpaired) electrons. The first-order chi connectivity index (χ1) is 12.6. The highest BCUT2D eigenvalue weighted by Gasteiger charge is 2.38. The van der Waals surface area contributed by atoms with E-state index in [0.717, 1.165) is 12.8 Å². The Balaban J connectivity index is 4.03. The topological polar surface area (TPSA) is 35.5 Å². The lowest BCUT2D eigenvalue weighted by Gasteiger charge is -2.39. The van der Waals surface area contributed by atoms with Gasteiger partial charge < -0.3 is 9.16 Å². The van der Waals surface area contributed by atoms with Crippen molar-refractivity contribution in [1.82, 2.24) is 0 Å². The van der Waals surface area contributed by atoms with Crippen molar-refractivity contribution < 1.29 is 14.0 Å². The van der Waals surface area contributed by atoms with Crippen molar-refractivity contribution in [1.29, 1.82) is 0 Å². The first kappa shape index (κ1) is 26.6. The average Bonchev–Trinajstić information content (AvgIpc) is 2.58. The first-order valence-electron chi connectivity index (χ1n) is 11.4. The van der Waals surface area contributed by atoms with Gasteiger partial charge >= 0.3 is 5.97 Å². The minimum atomic E-state index is -1.67. The summed E-state index contributed by atoms with van der Waals surface area (Å²) in [5, 5.41) is 0.292. The summed E-state index contributed by atoms with van der Waals surface area (Å²) in [6.07, 6.45) is 15.9. The summed E-state index contributed by atoms with van der Waals surface area (Å²) in [5.74, 6) is -0.0779. The molecule has 0 aliphatic rings. The van der Waals surface area contributed by atoms with Crippen LogP contribution in [0.4, 0.5) is 0 Å². The summed E-state index contributed by atoms with van der Waals surface area (Å²) in [6, 6.07) is 0. The molecule has 162 valence electrons. The number of methoxy groups -OCH3 is 1. The Kier molecular flexibility index (Phi) is 14.4. The molecule has 4 heteroatoms. The molecule has 0 N–H and O–H groups in total. The van der Waals surface area contributed by atoms with Crippen LogP contribution in [-0.2, 0) is 14.0 Å². The second-order valence-corrected chi connectivity index (χ2v) is 14.3. The molecule has 0 aromatic heterocycles. The smallest absolute Gasteiger partial charge is 0.305 e. The molecule has 0 saturated carbocycles. The molecular formula is C23H48O3Si. The van der Waals surface area contributed by atoms with Crippen LogP contribution in [0.5, 0.6) is 0 Å². The van der Waals surface area contributed by atoms with Gasteiger partial charge in [0.1, 0.15) is 0 Å². The van der Waals surface area contributed by atoms with E-state index < -0.39 is 8.32 Å². The average molecular weight is 401 g/mol. The molecule has 0 rings (SSSR count). The number of esters is 1. The molecule has 0 spiro atoms. The molecule has 0 heterocycles. The van der Waals surface area contributed by atoms with E-state index >= 15 is 0 Å². The minimum absolute atomic E-state index is 0.0779. The zero-order valence-electron chi connectivity index (χ0n) is 19.5. The Hall–Kier alpha value is -0.353. The molecule has 0 amide bonds. The van der Waals surface area contributed by atoms with Crippen LogP contribution >= 0.6 is 0 Å². The number of carbonyl (C=O) groups is 1. The van der Waals surface area contributed by atoms with Crippen LogP contribution < -0.4 is 0 Å². The summed E-state index contributed by atoms with van der Waals surface area (Å²) in [6.45, 7) is 14.0. The molecule has 0 saturated heterocycles. The SMILES string of the molecule is CCCCCC(CCCCCCCCCC(=O)OC)O[Si](C)(C)C(C)(C)C. The van der Waals surface area contributed by atoms with Gasteiger partial charge in [-0.25, -0.2) is 0 Å². The van der Waals surface area contributed by atoms with Crippen LogP contribution in [0.1, 0.15) is 111 Å². The lowest BCUT2D eigenvalue weighted by atomic mass is 10.0. The first-order valence-corrected chi connectivity index (χ1v) is 14.3. The van der Waals surface area contributed by atoms with Crippen molar-refractivity contribution in [2.75, 3.05) is 7.11 Å². The predicted molar refractivity (Wildman–Crippen MR) is 120 cm³/mol. The third-order valence-corrected chi connectivity index (χ3v) is 10.6. The van der Waals surface area contributed by atoms with E-state index in [1.165, 1.54) is 71.3 Å². The Labute approximate surface area is 171 Å². The summed E-state index contributed by atoms with van der Waals surface area (Å²) < 4.78 is 11.4. The number of ether oxygens (including phenoxy) is 1. The fourth-order valence-corrected chi connectivity index (χ4v) is 4.53. The van der Waals surface area contributed by atoms with Gasteiger partial charge in [0.25, 0.3) is 0 Å². The van der Waals surface area contributed by atoms with E-state index in [-0.39, 0.29) is 5.97 Å². The van der Waals surface area contributed by atoms with Gasteiger partial charge in [0, 0.05) is 12.5 Å². The standard InChI is InChI=1S/C23H48O3Si/c1-8-9-15-18-21(26-27(6,7)23(2,3)4)19-16-13-11-10-12-14-17-20-22(24)25-5/h21H,8-20H2,1-7H3. The van der Waals surface area contributed by atoms with Gasteiger partial charge in [-0.1, -0.05) is 85.5 Å². The van der Waals surface area contributed by atoms with Gasteiger partial charge in [0.15, 0.2) is 8.32 Å². The Morgan fingerprint density at radius 1 is 0.852 bits per heavy atom. The van der Waals surface area contributed by atoms with Gasteiger partial charge in [-0.3, -0.25) is 4.79 Å². The molecule has 0 bridgehead atoms. The fraction of sp³-hybridized carbons (Fsp3) is 0.957.